The Hall–Kier alpha value is -2.45. The van der Waals surface area contributed by atoms with Gasteiger partial charge in [0.15, 0.2) is 0 Å². The van der Waals surface area contributed by atoms with Gasteiger partial charge in [-0.3, -0.25) is 4.90 Å². The van der Waals surface area contributed by atoms with Crippen LogP contribution in [0.3, 0.4) is 0 Å². The number of anilines is 1. The maximum Gasteiger partial charge on any atom is 0.416 e. The summed E-state index contributed by atoms with van der Waals surface area (Å²) in [6.07, 6.45) is 6.07. The maximum atomic E-state index is 12.9. The molecule has 8 heteroatoms. The van der Waals surface area contributed by atoms with Crippen LogP contribution in [0.2, 0.25) is 0 Å². The first-order chi connectivity index (χ1) is 15.0. The third kappa shape index (κ3) is 4.91. The molecule has 2 heterocycles. The van der Waals surface area contributed by atoms with Crippen molar-refractivity contribution in [1.29, 1.82) is 0 Å². The van der Waals surface area contributed by atoms with Crippen LogP contribution in [-0.2, 0) is 6.18 Å². The van der Waals surface area contributed by atoms with Crippen LogP contribution in [0.15, 0.2) is 42.9 Å². The molecule has 31 heavy (non-hydrogen) atoms. The summed E-state index contributed by atoms with van der Waals surface area (Å²) in [7, 11) is 0. The molecule has 4 rings (SSSR count). The molecule has 1 aliphatic carbocycles. The number of piperazine rings is 1. The number of nitrogens with two attached hydrogens (primary N) is 1. The Labute approximate surface area is 180 Å². The van der Waals surface area contributed by atoms with Crippen molar-refractivity contribution in [2.24, 2.45) is 5.73 Å². The van der Waals surface area contributed by atoms with Gasteiger partial charge in [0.05, 0.1) is 5.56 Å². The Bertz CT molecular complexity index is 902. The molecule has 166 valence electrons. The Morgan fingerprint density at radius 3 is 2.39 bits per heavy atom. The van der Waals surface area contributed by atoms with E-state index in [1.807, 2.05) is 6.20 Å². The SMILES string of the molecule is NCC(c1ccc(C(F)(F)F)cc1)N1CCN(c2ncncc2C2=CCCCC2)CC1. The van der Waals surface area contributed by atoms with E-state index in [9.17, 15) is 13.2 Å². The van der Waals surface area contributed by atoms with E-state index in [1.165, 1.54) is 18.4 Å². The van der Waals surface area contributed by atoms with Crippen LogP contribution < -0.4 is 10.6 Å². The smallest absolute Gasteiger partial charge is 0.353 e. The summed E-state index contributed by atoms with van der Waals surface area (Å²) in [5, 5.41) is 0. The zero-order valence-electron chi connectivity index (χ0n) is 17.5. The molecule has 1 aromatic carbocycles. The second-order valence-corrected chi connectivity index (χ2v) is 8.13. The minimum Gasteiger partial charge on any atom is -0.353 e. The highest BCUT2D eigenvalue weighted by Gasteiger charge is 2.31. The predicted molar refractivity (Wildman–Crippen MR) is 116 cm³/mol. The topological polar surface area (TPSA) is 58.3 Å². The fourth-order valence-electron chi connectivity index (χ4n) is 4.52. The molecular weight excluding hydrogens is 403 g/mol. The van der Waals surface area contributed by atoms with E-state index in [0.717, 1.165) is 68.1 Å². The summed E-state index contributed by atoms with van der Waals surface area (Å²) in [6, 6.07) is 5.27. The lowest BCUT2D eigenvalue weighted by atomic mass is 9.94. The van der Waals surface area contributed by atoms with Gasteiger partial charge in [0.1, 0.15) is 12.1 Å². The van der Waals surface area contributed by atoms with Crippen LogP contribution in [0.25, 0.3) is 5.57 Å². The van der Waals surface area contributed by atoms with Crippen molar-refractivity contribution in [2.75, 3.05) is 37.6 Å². The van der Waals surface area contributed by atoms with Crippen LogP contribution in [-0.4, -0.2) is 47.6 Å². The van der Waals surface area contributed by atoms with Gasteiger partial charge in [-0.2, -0.15) is 13.2 Å². The zero-order chi connectivity index (χ0) is 21.8. The molecule has 2 aromatic rings. The number of allylic oxidation sites excluding steroid dienone is 2. The highest BCUT2D eigenvalue weighted by molar-refractivity contribution is 5.74. The number of hydrogen-bond acceptors (Lipinski definition) is 5. The van der Waals surface area contributed by atoms with Crippen molar-refractivity contribution in [3.8, 4) is 0 Å². The van der Waals surface area contributed by atoms with Gasteiger partial charge in [0.2, 0.25) is 0 Å². The van der Waals surface area contributed by atoms with E-state index < -0.39 is 11.7 Å². The second-order valence-electron chi connectivity index (χ2n) is 8.13. The summed E-state index contributed by atoms with van der Waals surface area (Å²) in [6.45, 7) is 3.47. The first-order valence-corrected chi connectivity index (χ1v) is 10.8. The molecule has 1 unspecified atom stereocenters. The van der Waals surface area contributed by atoms with Crippen LogP contribution in [0.1, 0.15) is 48.4 Å². The molecule has 5 nitrogen and oxygen atoms in total. The molecule has 1 aromatic heterocycles. The monoisotopic (exact) mass is 431 g/mol. The molecule has 0 radical (unpaired) electrons. The molecule has 2 aliphatic rings. The van der Waals surface area contributed by atoms with Crippen molar-refractivity contribution < 1.29 is 13.2 Å². The highest BCUT2D eigenvalue weighted by Crippen LogP contribution is 2.33. The minimum atomic E-state index is -4.33. The van der Waals surface area contributed by atoms with Gasteiger partial charge in [0, 0.05) is 50.5 Å². The third-order valence-corrected chi connectivity index (χ3v) is 6.23. The number of aromatic nitrogens is 2. The molecular formula is C23H28F3N5. The summed E-state index contributed by atoms with van der Waals surface area (Å²) in [5.41, 5.74) is 8.65. The molecule has 1 saturated heterocycles. The zero-order valence-corrected chi connectivity index (χ0v) is 17.5. The Balaban J connectivity index is 1.45. The normalized spacial score (nSPS) is 19.2. The summed E-state index contributed by atoms with van der Waals surface area (Å²) >= 11 is 0. The Morgan fingerprint density at radius 1 is 1.03 bits per heavy atom. The van der Waals surface area contributed by atoms with Gasteiger partial charge in [0.25, 0.3) is 0 Å². The molecule has 1 aliphatic heterocycles. The van der Waals surface area contributed by atoms with Crippen molar-refractivity contribution in [1.82, 2.24) is 14.9 Å². The number of alkyl halides is 3. The first kappa shape index (κ1) is 21.8. The standard InChI is InChI=1S/C23H28F3N5/c24-23(25,26)19-8-6-18(7-9-19)21(14-27)30-10-12-31(13-11-30)22-20(15-28-16-29-22)17-4-2-1-3-5-17/h4,6-9,15-16,21H,1-3,5,10-14,27H2. The number of halogens is 3. The van der Waals surface area contributed by atoms with Crippen LogP contribution in [0.5, 0.6) is 0 Å². The van der Waals surface area contributed by atoms with Gasteiger partial charge < -0.3 is 10.6 Å². The second kappa shape index (κ2) is 9.36. The van der Waals surface area contributed by atoms with E-state index in [1.54, 1.807) is 18.5 Å². The van der Waals surface area contributed by atoms with Crippen LogP contribution >= 0.6 is 0 Å². The minimum absolute atomic E-state index is 0.102. The van der Waals surface area contributed by atoms with E-state index in [-0.39, 0.29) is 6.04 Å². The Kier molecular flexibility index (Phi) is 6.57. The summed E-state index contributed by atoms with van der Waals surface area (Å²) in [4.78, 5) is 13.4. The number of rotatable bonds is 5. The number of nitrogens with zero attached hydrogens (tertiary/aromatic N) is 4. The van der Waals surface area contributed by atoms with E-state index in [4.69, 9.17) is 5.73 Å². The van der Waals surface area contributed by atoms with Gasteiger partial charge in [-0.15, -0.1) is 0 Å². The summed E-state index contributed by atoms with van der Waals surface area (Å²) < 4.78 is 38.6. The third-order valence-electron chi connectivity index (χ3n) is 6.23. The lowest BCUT2D eigenvalue weighted by Crippen LogP contribution is -2.49. The molecule has 0 saturated carbocycles. The van der Waals surface area contributed by atoms with Gasteiger partial charge in [-0.05, 0) is 49.0 Å². The lowest BCUT2D eigenvalue weighted by molar-refractivity contribution is -0.137. The molecule has 0 amide bonds. The fraction of sp³-hybridized carbons (Fsp3) is 0.478. The predicted octanol–water partition coefficient (Wildman–Crippen LogP) is 4.27. The van der Waals surface area contributed by atoms with Gasteiger partial charge in [-0.25, -0.2) is 9.97 Å². The first-order valence-electron chi connectivity index (χ1n) is 10.8. The van der Waals surface area contributed by atoms with Crippen molar-refractivity contribution >= 4 is 11.4 Å². The molecule has 1 fully saturated rings. The van der Waals surface area contributed by atoms with Crippen molar-refractivity contribution in [2.45, 2.75) is 37.9 Å². The van der Waals surface area contributed by atoms with E-state index >= 15 is 0 Å². The quantitative estimate of drug-likeness (QED) is 0.766. The average Bonchev–Trinajstić information content (AvgIpc) is 2.80. The molecule has 0 bridgehead atoms. The average molecular weight is 432 g/mol. The maximum absolute atomic E-state index is 12.9. The van der Waals surface area contributed by atoms with E-state index in [2.05, 4.69) is 25.8 Å². The van der Waals surface area contributed by atoms with Crippen molar-refractivity contribution in [3.63, 3.8) is 0 Å². The fourth-order valence-corrected chi connectivity index (χ4v) is 4.52. The molecule has 1 atom stereocenters. The lowest BCUT2D eigenvalue weighted by Gasteiger charge is -2.40. The largest absolute Gasteiger partial charge is 0.416 e. The van der Waals surface area contributed by atoms with Crippen LogP contribution in [0.4, 0.5) is 19.0 Å². The van der Waals surface area contributed by atoms with Gasteiger partial charge >= 0.3 is 6.18 Å². The molecule has 2 N–H and O–H groups in total. The van der Waals surface area contributed by atoms with E-state index in [0.29, 0.717) is 6.54 Å². The summed E-state index contributed by atoms with van der Waals surface area (Å²) in [5.74, 6) is 0.974. The number of benzene rings is 1. The highest BCUT2D eigenvalue weighted by atomic mass is 19.4. The van der Waals surface area contributed by atoms with Crippen molar-refractivity contribution in [3.05, 3.63) is 59.6 Å². The van der Waals surface area contributed by atoms with Gasteiger partial charge in [-0.1, -0.05) is 18.2 Å². The molecule has 0 spiro atoms. The van der Waals surface area contributed by atoms with Crippen LogP contribution in [0, 0.1) is 0 Å². The number of hydrogen-bond donors (Lipinski definition) is 1. The Morgan fingerprint density at radius 2 is 1.77 bits per heavy atom.